The minimum Gasteiger partial charge on any atom is -0.497 e. The molecule has 0 bridgehead atoms. The molecule has 1 aromatic heterocycles. The first-order valence-corrected chi connectivity index (χ1v) is 14.7. The van der Waals surface area contributed by atoms with Gasteiger partial charge in [0.15, 0.2) is 11.2 Å². The number of fused-ring (bicyclic) bond motifs is 5. The lowest BCUT2D eigenvalue weighted by atomic mass is 9.70. The highest BCUT2D eigenvalue weighted by atomic mass is 16.5. The van der Waals surface area contributed by atoms with E-state index in [1.807, 2.05) is 73.7 Å². The molecule has 228 valence electrons. The number of aliphatic hydroxyl groups is 1. The van der Waals surface area contributed by atoms with Crippen LogP contribution in [0.3, 0.4) is 0 Å². The van der Waals surface area contributed by atoms with Gasteiger partial charge in [0.1, 0.15) is 34.6 Å². The van der Waals surface area contributed by atoms with E-state index in [-0.39, 0.29) is 11.5 Å². The SMILES string of the molecule is CCOc1ccccc1-c1nc2c(c(=O)[nH]1)[C@@H](c1ccccc1)[C@]1(c3ccc(OC)cc3)Oc3cc(OC)cc(OC)c3[C@]21O. The molecule has 0 amide bonds. The monoisotopic (exact) mass is 604 g/mol. The van der Waals surface area contributed by atoms with E-state index in [1.54, 1.807) is 38.5 Å². The van der Waals surface area contributed by atoms with Gasteiger partial charge < -0.3 is 33.8 Å². The van der Waals surface area contributed by atoms with E-state index in [1.165, 1.54) is 7.11 Å². The summed E-state index contributed by atoms with van der Waals surface area (Å²) in [7, 11) is 4.66. The number of ether oxygens (including phenoxy) is 5. The molecule has 9 heteroatoms. The van der Waals surface area contributed by atoms with Gasteiger partial charge in [0.2, 0.25) is 0 Å². The zero-order valence-electron chi connectivity index (χ0n) is 25.3. The van der Waals surface area contributed by atoms with Crippen LogP contribution < -0.4 is 29.2 Å². The first-order chi connectivity index (χ1) is 21.9. The molecule has 1 aliphatic carbocycles. The second-order valence-corrected chi connectivity index (χ2v) is 10.9. The van der Waals surface area contributed by atoms with Crippen molar-refractivity contribution in [2.45, 2.75) is 24.0 Å². The Hall–Kier alpha value is -5.28. The number of benzene rings is 4. The third kappa shape index (κ3) is 3.97. The molecule has 0 radical (unpaired) electrons. The molecular weight excluding hydrogens is 572 g/mol. The summed E-state index contributed by atoms with van der Waals surface area (Å²) in [6.07, 6.45) is 0. The second kappa shape index (κ2) is 10.7. The molecule has 2 N–H and O–H groups in total. The molecular formula is C36H32N2O7. The fourth-order valence-electron chi connectivity index (χ4n) is 6.90. The van der Waals surface area contributed by atoms with Gasteiger partial charge >= 0.3 is 0 Å². The van der Waals surface area contributed by atoms with Crippen LogP contribution in [0.2, 0.25) is 0 Å². The number of aromatic amines is 1. The Kier molecular flexibility index (Phi) is 6.78. The molecule has 3 atom stereocenters. The summed E-state index contributed by atoms with van der Waals surface area (Å²) < 4.78 is 29.8. The van der Waals surface area contributed by atoms with Gasteiger partial charge in [0.05, 0.1) is 56.2 Å². The Morgan fingerprint density at radius 1 is 0.867 bits per heavy atom. The van der Waals surface area contributed by atoms with E-state index in [0.717, 1.165) is 5.56 Å². The van der Waals surface area contributed by atoms with Gasteiger partial charge in [-0.3, -0.25) is 4.79 Å². The van der Waals surface area contributed by atoms with Gasteiger partial charge in [-0.15, -0.1) is 0 Å². The van der Waals surface area contributed by atoms with Crippen LogP contribution in [0, 0.1) is 0 Å². The number of hydrogen-bond donors (Lipinski definition) is 2. The molecule has 7 rings (SSSR count). The van der Waals surface area contributed by atoms with Gasteiger partial charge in [-0.05, 0) is 36.8 Å². The van der Waals surface area contributed by atoms with Gasteiger partial charge in [-0.25, -0.2) is 4.98 Å². The maximum atomic E-state index is 14.4. The van der Waals surface area contributed by atoms with Crippen molar-refractivity contribution in [1.29, 1.82) is 0 Å². The highest BCUT2D eigenvalue weighted by Gasteiger charge is 2.73. The quantitative estimate of drug-likeness (QED) is 0.238. The fourth-order valence-corrected chi connectivity index (χ4v) is 6.90. The van der Waals surface area contributed by atoms with Crippen LogP contribution in [0.25, 0.3) is 11.4 Å². The fraction of sp³-hybridized carbons (Fsp3) is 0.222. The van der Waals surface area contributed by atoms with Gasteiger partial charge in [-0.1, -0.05) is 54.6 Å². The highest BCUT2D eigenvalue weighted by molar-refractivity contribution is 5.71. The number of nitrogens with one attached hydrogen (secondary N) is 1. The summed E-state index contributed by atoms with van der Waals surface area (Å²) >= 11 is 0. The number of rotatable bonds is 8. The van der Waals surface area contributed by atoms with Crippen LogP contribution >= 0.6 is 0 Å². The van der Waals surface area contributed by atoms with E-state index in [2.05, 4.69) is 4.98 Å². The highest BCUT2D eigenvalue weighted by Crippen LogP contribution is 2.69. The Labute approximate surface area is 260 Å². The standard InChI is InChI=1S/C36H32N2O7/c1-5-44-26-14-10-9-13-25(26)33-37-32-29(34(39)38-33)30(21-11-7-6-8-12-21)36(22-15-17-23(41-2)18-16-22)35(32,40)31-27(43-4)19-24(42-3)20-28(31)45-36/h6-20,30,40H,5H2,1-4H3,(H,37,38,39)/t30-,35+,36+/m1/s1. The van der Waals surface area contributed by atoms with Crippen LogP contribution in [0.4, 0.5) is 0 Å². The van der Waals surface area contributed by atoms with E-state index in [0.29, 0.717) is 57.6 Å². The first kappa shape index (κ1) is 28.5. The van der Waals surface area contributed by atoms with Crippen LogP contribution in [-0.4, -0.2) is 43.0 Å². The van der Waals surface area contributed by atoms with Crippen LogP contribution in [0.15, 0.2) is 95.8 Å². The van der Waals surface area contributed by atoms with Crippen molar-refractivity contribution in [3.63, 3.8) is 0 Å². The Balaban J connectivity index is 1.62. The maximum Gasteiger partial charge on any atom is 0.255 e. The number of aromatic nitrogens is 2. The predicted octanol–water partition coefficient (Wildman–Crippen LogP) is 5.53. The van der Waals surface area contributed by atoms with E-state index < -0.39 is 22.7 Å². The molecule has 9 nitrogen and oxygen atoms in total. The number of nitrogens with zero attached hydrogens (tertiary/aromatic N) is 1. The van der Waals surface area contributed by atoms with Crippen molar-refractivity contribution in [3.05, 3.63) is 129 Å². The second-order valence-electron chi connectivity index (χ2n) is 10.9. The topological polar surface area (TPSA) is 112 Å². The molecule has 5 aromatic rings. The molecule has 4 aromatic carbocycles. The first-order valence-electron chi connectivity index (χ1n) is 14.7. The number of methoxy groups -OCH3 is 3. The zero-order chi connectivity index (χ0) is 31.3. The minimum atomic E-state index is -1.99. The van der Waals surface area contributed by atoms with Crippen molar-refractivity contribution < 1.29 is 28.8 Å². The summed E-state index contributed by atoms with van der Waals surface area (Å²) in [6, 6.07) is 27.6. The van der Waals surface area contributed by atoms with Crippen LogP contribution in [0.5, 0.6) is 28.7 Å². The molecule has 45 heavy (non-hydrogen) atoms. The Morgan fingerprint density at radius 3 is 2.27 bits per heavy atom. The van der Waals surface area contributed by atoms with Crippen LogP contribution in [0.1, 0.15) is 40.8 Å². The lowest BCUT2D eigenvalue weighted by Crippen LogP contribution is -2.49. The van der Waals surface area contributed by atoms with Crippen molar-refractivity contribution in [2.75, 3.05) is 27.9 Å². The molecule has 0 saturated heterocycles. The van der Waals surface area contributed by atoms with Crippen LogP contribution in [-0.2, 0) is 11.2 Å². The summed E-state index contributed by atoms with van der Waals surface area (Å²) in [4.78, 5) is 22.5. The lowest BCUT2D eigenvalue weighted by molar-refractivity contribution is -0.0909. The summed E-state index contributed by atoms with van der Waals surface area (Å²) in [5.41, 5.74) is -1.20. The van der Waals surface area contributed by atoms with Gasteiger partial charge in [-0.2, -0.15) is 0 Å². The molecule has 0 fully saturated rings. The number of para-hydroxylation sites is 1. The van der Waals surface area contributed by atoms with Crippen molar-refractivity contribution >= 4 is 0 Å². The van der Waals surface area contributed by atoms with E-state index in [4.69, 9.17) is 28.7 Å². The average molecular weight is 605 g/mol. The third-order valence-electron chi connectivity index (χ3n) is 8.75. The summed E-state index contributed by atoms with van der Waals surface area (Å²) in [6.45, 7) is 2.31. The summed E-state index contributed by atoms with van der Waals surface area (Å²) in [5, 5.41) is 13.5. The minimum absolute atomic E-state index is 0.166. The van der Waals surface area contributed by atoms with E-state index >= 15 is 0 Å². The van der Waals surface area contributed by atoms with Crippen molar-refractivity contribution in [3.8, 4) is 40.1 Å². The normalized spacial score (nSPS) is 20.9. The molecule has 0 saturated carbocycles. The Morgan fingerprint density at radius 2 is 1.58 bits per heavy atom. The van der Waals surface area contributed by atoms with E-state index in [9.17, 15) is 9.90 Å². The molecule has 2 aliphatic rings. The number of H-pyrrole nitrogens is 1. The zero-order valence-corrected chi connectivity index (χ0v) is 25.3. The van der Waals surface area contributed by atoms with Crippen molar-refractivity contribution in [2.24, 2.45) is 0 Å². The van der Waals surface area contributed by atoms with Gasteiger partial charge in [0.25, 0.3) is 5.56 Å². The summed E-state index contributed by atoms with van der Waals surface area (Å²) in [5.74, 6) is 1.83. The molecule has 0 spiro atoms. The third-order valence-corrected chi connectivity index (χ3v) is 8.75. The molecule has 2 heterocycles. The lowest BCUT2D eigenvalue weighted by Gasteiger charge is -2.40. The molecule has 1 aliphatic heterocycles. The van der Waals surface area contributed by atoms with Crippen molar-refractivity contribution in [1.82, 2.24) is 9.97 Å². The molecule has 0 unspecified atom stereocenters. The predicted molar refractivity (Wildman–Crippen MR) is 168 cm³/mol. The maximum absolute atomic E-state index is 14.4. The largest absolute Gasteiger partial charge is 0.497 e. The van der Waals surface area contributed by atoms with Gasteiger partial charge in [0, 0.05) is 17.7 Å². The smallest absolute Gasteiger partial charge is 0.255 e. The average Bonchev–Trinajstić information content (AvgIpc) is 3.47. The number of hydrogen-bond acceptors (Lipinski definition) is 8. The Bertz CT molecular complexity index is 1960.